The van der Waals surface area contributed by atoms with Crippen molar-refractivity contribution >= 4 is 23.5 Å². The van der Waals surface area contributed by atoms with Gasteiger partial charge in [0.2, 0.25) is 0 Å². The average Bonchev–Trinajstić information content (AvgIpc) is 2.83. The van der Waals surface area contributed by atoms with Crippen molar-refractivity contribution < 1.29 is 4.79 Å². The number of aromatic nitrogens is 3. The Bertz CT molecular complexity index is 567. The molecule has 0 saturated carbocycles. The van der Waals surface area contributed by atoms with E-state index in [-0.39, 0.29) is 5.91 Å². The molecule has 0 atom stereocenters. The maximum Gasteiger partial charge on any atom is 0.260 e. The zero-order valence-corrected chi connectivity index (χ0v) is 11.8. The number of pyridine rings is 1. The van der Waals surface area contributed by atoms with E-state index in [9.17, 15) is 4.79 Å². The summed E-state index contributed by atoms with van der Waals surface area (Å²) in [4.78, 5) is 16.1. The lowest BCUT2D eigenvalue weighted by Crippen LogP contribution is -2.12. The zero-order chi connectivity index (χ0) is 13.7. The van der Waals surface area contributed by atoms with Gasteiger partial charge in [-0.1, -0.05) is 6.92 Å². The minimum absolute atomic E-state index is 0.194. The van der Waals surface area contributed by atoms with Crippen LogP contribution in [0.25, 0.3) is 0 Å². The van der Waals surface area contributed by atoms with Crippen molar-refractivity contribution in [2.75, 3.05) is 11.1 Å². The molecule has 5 nitrogen and oxygen atoms in total. The minimum Gasteiger partial charge on any atom is -0.306 e. The first-order valence-electron chi connectivity index (χ1n) is 6.01. The molecule has 0 aliphatic carbocycles. The fraction of sp³-hybridized carbons (Fsp3) is 0.308. The summed E-state index contributed by atoms with van der Waals surface area (Å²) in [6, 6.07) is 3.86. The molecule has 0 bridgehead atoms. The summed E-state index contributed by atoms with van der Waals surface area (Å²) >= 11 is 1.83. The Balaban J connectivity index is 2.04. The van der Waals surface area contributed by atoms with Crippen LogP contribution in [-0.2, 0) is 12.8 Å². The zero-order valence-electron chi connectivity index (χ0n) is 11.0. The van der Waals surface area contributed by atoms with Gasteiger partial charge in [-0.15, -0.1) is 0 Å². The molecule has 0 aliphatic rings. The molecule has 6 heteroatoms. The van der Waals surface area contributed by atoms with Gasteiger partial charge in [-0.2, -0.15) is 16.9 Å². The molecule has 0 aliphatic heterocycles. The summed E-state index contributed by atoms with van der Waals surface area (Å²) in [5, 5.41) is 6.75. The van der Waals surface area contributed by atoms with E-state index in [0.717, 1.165) is 17.1 Å². The summed E-state index contributed by atoms with van der Waals surface area (Å²) in [6.45, 7) is 2.12. The second kappa shape index (κ2) is 6.38. The highest BCUT2D eigenvalue weighted by Crippen LogP contribution is 2.14. The lowest BCUT2D eigenvalue weighted by Gasteiger charge is -2.05. The average molecular weight is 276 g/mol. The first kappa shape index (κ1) is 13.6. The predicted molar refractivity (Wildman–Crippen MR) is 77.2 cm³/mol. The molecule has 0 unspecified atom stereocenters. The number of hydrogen-bond acceptors (Lipinski definition) is 4. The molecule has 0 aromatic carbocycles. The second-order valence-corrected chi connectivity index (χ2v) is 5.32. The van der Waals surface area contributed by atoms with Crippen molar-refractivity contribution in [3.05, 3.63) is 41.9 Å². The molecule has 1 N–H and O–H groups in total. The van der Waals surface area contributed by atoms with Crippen LogP contribution >= 0.6 is 11.8 Å². The van der Waals surface area contributed by atoms with Crippen LogP contribution in [0, 0.1) is 0 Å². The molecule has 2 aromatic rings. The Morgan fingerprint density at radius 3 is 3.05 bits per heavy atom. The Morgan fingerprint density at radius 2 is 2.37 bits per heavy atom. The third-order valence-electron chi connectivity index (χ3n) is 2.51. The van der Waals surface area contributed by atoms with Crippen LogP contribution in [0.3, 0.4) is 0 Å². The molecule has 0 radical (unpaired) electrons. The normalized spacial score (nSPS) is 10.4. The maximum absolute atomic E-state index is 11.9. The molecule has 2 heterocycles. The number of nitrogens with one attached hydrogen (secondary N) is 1. The van der Waals surface area contributed by atoms with E-state index < -0.39 is 0 Å². The van der Waals surface area contributed by atoms with Crippen LogP contribution in [0.2, 0.25) is 0 Å². The fourth-order valence-electron chi connectivity index (χ4n) is 1.58. The Labute approximate surface area is 116 Å². The standard InChI is InChI=1S/C13H16N4OS/c1-3-19-9-10-4-5-14-12(6-10)16-13(18)11-7-15-17(2)8-11/h4-8H,3,9H2,1-2H3,(H,14,16,18). The van der Waals surface area contributed by atoms with Crippen LogP contribution in [-0.4, -0.2) is 26.4 Å². The SMILES string of the molecule is CCSCc1ccnc(NC(=O)c2cnn(C)c2)c1. The largest absolute Gasteiger partial charge is 0.306 e. The van der Waals surface area contributed by atoms with Gasteiger partial charge >= 0.3 is 0 Å². The molecule has 1 amide bonds. The van der Waals surface area contributed by atoms with Crippen molar-refractivity contribution in [2.45, 2.75) is 12.7 Å². The Morgan fingerprint density at radius 1 is 1.53 bits per heavy atom. The highest BCUT2D eigenvalue weighted by molar-refractivity contribution is 7.98. The van der Waals surface area contributed by atoms with Crippen LogP contribution in [0.5, 0.6) is 0 Å². The van der Waals surface area contributed by atoms with E-state index >= 15 is 0 Å². The van der Waals surface area contributed by atoms with Crippen molar-refractivity contribution in [3.63, 3.8) is 0 Å². The smallest absolute Gasteiger partial charge is 0.260 e. The summed E-state index contributed by atoms with van der Waals surface area (Å²) in [5.41, 5.74) is 1.68. The van der Waals surface area contributed by atoms with Gasteiger partial charge in [0.05, 0.1) is 11.8 Å². The number of rotatable bonds is 5. The maximum atomic E-state index is 11.9. The lowest BCUT2D eigenvalue weighted by molar-refractivity contribution is 0.102. The molecule has 0 saturated heterocycles. The van der Waals surface area contributed by atoms with Gasteiger partial charge in [0.15, 0.2) is 0 Å². The quantitative estimate of drug-likeness (QED) is 0.910. The van der Waals surface area contributed by atoms with Gasteiger partial charge in [0, 0.05) is 25.2 Å². The van der Waals surface area contributed by atoms with Gasteiger partial charge in [-0.25, -0.2) is 4.98 Å². The van der Waals surface area contributed by atoms with Gasteiger partial charge in [0.25, 0.3) is 5.91 Å². The van der Waals surface area contributed by atoms with E-state index in [1.165, 1.54) is 6.20 Å². The minimum atomic E-state index is -0.194. The number of hydrogen-bond donors (Lipinski definition) is 1. The number of amides is 1. The number of nitrogens with zero attached hydrogens (tertiary/aromatic N) is 3. The molecular weight excluding hydrogens is 260 g/mol. The first-order chi connectivity index (χ1) is 9.19. The van der Waals surface area contributed by atoms with Gasteiger partial charge in [0.1, 0.15) is 5.82 Å². The van der Waals surface area contributed by atoms with E-state index in [2.05, 4.69) is 22.3 Å². The second-order valence-electron chi connectivity index (χ2n) is 4.04. The van der Waals surface area contributed by atoms with Crippen LogP contribution in [0.1, 0.15) is 22.8 Å². The topological polar surface area (TPSA) is 59.8 Å². The lowest BCUT2D eigenvalue weighted by atomic mass is 10.3. The molecular formula is C13H16N4OS. The van der Waals surface area contributed by atoms with Crippen LogP contribution in [0.15, 0.2) is 30.7 Å². The monoisotopic (exact) mass is 276 g/mol. The highest BCUT2D eigenvalue weighted by Gasteiger charge is 2.08. The summed E-state index contributed by atoms with van der Waals surface area (Å²) < 4.78 is 1.59. The molecule has 0 fully saturated rings. The summed E-state index contributed by atoms with van der Waals surface area (Å²) in [5.74, 6) is 2.37. The predicted octanol–water partition coefficient (Wildman–Crippen LogP) is 2.32. The van der Waals surface area contributed by atoms with Gasteiger partial charge in [-0.05, 0) is 23.4 Å². The van der Waals surface area contributed by atoms with E-state index in [1.54, 1.807) is 24.1 Å². The molecule has 100 valence electrons. The molecule has 0 spiro atoms. The van der Waals surface area contributed by atoms with E-state index in [0.29, 0.717) is 11.4 Å². The Hall–Kier alpha value is -1.82. The molecule has 2 aromatic heterocycles. The number of thioether (sulfide) groups is 1. The number of aryl methyl sites for hydroxylation is 1. The number of carbonyl (C=O) groups is 1. The molecule has 19 heavy (non-hydrogen) atoms. The highest BCUT2D eigenvalue weighted by atomic mass is 32.2. The van der Waals surface area contributed by atoms with Crippen molar-refractivity contribution in [1.82, 2.24) is 14.8 Å². The number of carbonyl (C=O) groups excluding carboxylic acids is 1. The third kappa shape index (κ3) is 3.82. The van der Waals surface area contributed by atoms with Gasteiger partial charge < -0.3 is 5.32 Å². The van der Waals surface area contributed by atoms with Crippen LogP contribution in [0.4, 0.5) is 5.82 Å². The van der Waals surface area contributed by atoms with Crippen molar-refractivity contribution in [1.29, 1.82) is 0 Å². The van der Waals surface area contributed by atoms with Crippen molar-refractivity contribution in [2.24, 2.45) is 7.05 Å². The summed E-state index contributed by atoms with van der Waals surface area (Å²) in [7, 11) is 1.78. The van der Waals surface area contributed by atoms with Crippen molar-refractivity contribution in [3.8, 4) is 0 Å². The van der Waals surface area contributed by atoms with E-state index in [1.807, 2.05) is 23.9 Å². The van der Waals surface area contributed by atoms with Crippen LogP contribution < -0.4 is 5.32 Å². The Kier molecular flexibility index (Phi) is 4.57. The number of anilines is 1. The van der Waals surface area contributed by atoms with Gasteiger partial charge in [-0.3, -0.25) is 9.48 Å². The fourth-order valence-corrected chi connectivity index (χ4v) is 2.20. The third-order valence-corrected chi connectivity index (χ3v) is 3.45. The summed E-state index contributed by atoms with van der Waals surface area (Å²) in [6.07, 6.45) is 4.92. The van der Waals surface area contributed by atoms with E-state index in [4.69, 9.17) is 0 Å². The first-order valence-corrected chi connectivity index (χ1v) is 7.17. The molecule has 2 rings (SSSR count).